The third-order valence-corrected chi connectivity index (χ3v) is 4.64. The van der Waals surface area contributed by atoms with E-state index in [0.717, 1.165) is 24.3 Å². The molecule has 0 aliphatic carbocycles. The number of carbonyl (C=O) groups excluding carboxylic acids is 1. The Balaban J connectivity index is 1.77. The van der Waals surface area contributed by atoms with Crippen LogP contribution in [0.1, 0.15) is 28.8 Å². The van der Waals surface area contributed by atoms with Crippen LogP contribution in [0, 0.1) is 6.92 Å². The summed E-state index contributed by atoms with van der Waals surface area (Å²) in [5.41, 5.74) is 3.16. The smallest absolute Gasteiger partial charge is 0.257 e. The van der Waals surface area contributed by atoms with Gasteiger partial charge in [0.05, 0.1) is 21.3 Å². The maximum atomic E-state index is 12.3. The van der Waals surface area contributed by atoms with E-state index in [-0.39, 0.29) is 5.91 Å². The first-order valence-corrected chi connectivity index (χ1v) is 8.42. The van der Waals surface area contributed by atoms with Crippen LogP contribution < -0.4 is 10.2 Å². The lowest BCUT2D eigenvalue weighted by Crippen LogP contribution is -2.18. The summed E-state index contributed by atoms with van der Waals surface area (Å²) < 4.78 is 0. The first-order valence-electron chi connectivity index (χ1n) is 7.66. The summed E-state index contributed by atoms with van der Waals surface area (Å²) in [4.78, 5) is 14.6. The second-order valence-corrected chi connectivity index (χ2v) is 6.61. The predicted octanol–water partition coefficient (Wildman–Crippen LogP) is 5.15. The van der Waals surface area contributed by atoms with Crippen LogP contribution in [0.15, 0.2) is 36.4 Å². The standard InChI is InChI=1S/C18H18Cl2N2O/c1-12-4-6-14(15(19)10-12)18(23)21-13-5-7-17(16(20)11-13)22-8-2-3-9-22/h4-7,10-11H,2-3,8-9H2,1H3,(H,21,23). The predicted molar refractivity (Wildman–Crippen MR) is 97.0 cm³/mol. The van der Waals surface area contributed by atoms with Gasteiger partial charge in [-0.1, -0.05) is 29.3 Å². The molecule has 3 nitrogen and oxygen atoms in total. The Morgan fingerprint density at radius 3 is 2.43 bits per heavy atom. The van der Waals surface area contributed by atoms with Crippen LogP contribution in [-0.2, 0) is 0 Å². The third-order valence-electron chi connectivity index (χ3n) is 4.02. The van der Waals surface area contributed by atoms with Crippen molar-refractivity contribution in [2.45, 2.75) is 19.8 Å². The summed E-state index contributed by atoms with van der Waals surface area (Å²) in [5, 5.41) is 3.95. The Kier molecular flexibility index (Phi) is 4.79. The molecule has 1 aliphatic heterocycles. The molecule has 0 radical (unpaired) electrons. The van der Waals surface area contributed by atoms with E-state index in [1.165, 1.54) is 12.8 Å². The molecule has 0 aromatic heterocycles. The van der Waals surface area contributed by atoms with E-state index in [0.29, 0.717) is 21.3 Å². The summed E-state index contributed by atoms with van der Waals surface area (Å²) >= 11 is 12.5. The van der Waals surface area contributed by atoms with E-state index < -0.39 is 0 Å². The molecule has 0 atom stereocenters. The molecule has 2 aromatic carbocycles. The zero-order chi connectivity index (χ0) is 16.4. The second-order valence-electron chi connectivity index (χ2n) is 5.80. The fraction of sp³-hybridized carbons (Fsp3) is 0.278. The quantitative estimate of drug-likeness (QED) is 0.831. The molecule has 1 N–H and O–H groups in total. The highest BCUT2D eigenvalue weighted by molar-refractivity contribution is 6.35. The number of halogens is 2. The van der Waals surface area contributed by atoms with Gasteiger partial charge >= 0.3 is 0 Å². The van der Waals surface area contributed by atoms with Gasteiger partial charge < -0.3 is 10.2 Å². The lowest BCUT2D eigenvalue weighted by molar-refractivity contribution is 0.102. The van der Waals surface area contributed by atoms with Gasteiger partial charge in [0, 0.05) is 18.8 Å². The van der Waals surface area contributed by atoms with Gasteiger partial charge in [-0.05, 0) is 55.7 Å². The summed E-state index contributed by atoms with van der Waals surface area (Å²) in [6, 6.07) is 11.0. The molecule has 0 bridgehead atoms. The number of rotatable bonds is 3. The zero-order valence-electron chi connectivity index (χ0n) is 12.9. The summed E-state index contributed by atoms with van der Waals surface area (Å²) in [6.07, 6.45) is 2.39. The molecule has 1 aliphatic rings. The summed E-state index contributed by atoms with van der Waals surface area (Å²) in [6.45, 7) is 4.00. The van der Waals surface area contributed by atoms with Crippen LogP contribution in [0.3, 0.4) is 0 Å². The van der Waals surface area contributed by atoms with Gasteiger partial charge in [-0.2, -0.15) is 0 Å². The van der Waals surface area contributed by atoms with Crippen LogP contribution in [-0.4, -0.2) is 19.0 Å². The molecular weight excluding hydrogens is 331 g/mol. The Morgan fingerprint density at radius 2 is 1.78 bits per heavy atom. The van der Waals surface area contributed by atoms with Gasteiger partial charge in [0.1, 0.15) is 0 Å². The molecule has 3 rings (SSSR count). The van der Waals surface area contributed by atoms with Crippen molar-refractivity contribution < 1.29 is 4.79 Å². The van der Waals surface area contributed by atoms with E-state index in [1.54, 1.807) is 18.2 Å². The van der Waals surface area contributed by atoms with Gasteiger partial charge in [-0.3, -0.25) is 4.79 Å². The van der Waals surface area contributed by atoms with E-state index >= 15 is 0 Å². The number of hydrogen-bond acceptors (Lipinski definition) is 2. The highest BCUT2D eigenvalue weighted by Gasteiger charge is 2.16. The Morgan fingerprint density at radius 1 is 1.04 bits per heavy atom. The van der Waals surface area contributed by atoms with Crippen molar-refractivity contribution in [2.24, 2.45) is 0 Å². The molecule has 0 unspecified atom stereocenters. The molecule has 1 saturated heterocycles. The van der Waals surface area contributed by atoms with E-state index in [1.807, 2.05) is 25.1 Å². The van der Waals surface area contributed by atoms with Crippen molar-refractivity contribution >= 4 is 40.5 Å². The molecule has 5 heteroatoms. The minimum absolute atomic E-state index is 0.236. The van der Waals surface area contributed by atoms with Crippen molar-refractivity contribution in [1.29, 1.82) is 0 Å². The van der Waals surface area contributed by atoms with Crippen molar-refractivity contribution in [1.82, 2.24) is 0 Å². The number of benzene rings is 2. The summed E-state index contributed by atoms with van der Waals surface area (Å²) in [5.74, 6) is -0.236. The molecular formula is C18H18Cl2N2O. The maximum absolute atomic E-state index is 12.3. The second kappa shape index (κ2) is 6.81. The van der Waals surface area contributed by atoms with Gasteiger partial charge in [-0.15, -0.1) is 0 Å². The third kappa shape index (κ3) is 3.62. The van der Waals surface area contributed by atoms with Crippen LogP contribution >= 0.6 is 23.2 Å². The SMILES string of the molecule is Cc1ccc(C(=O)Nc2ccc(N3CCCC3)c(Cl)c2)c(Cl)c1. The minimum Gasteiger partial charge on any atom is -0.370 e. The van der Waals surface area contributed by atoms with Gasteiger partial charge in [0.15, 0.2) is 0 Å². The van der Waals surface area contributed by atoms with Gasteiger partial charge in [0.2, 0.25) is 0 Å². The van der Waals surface area contributed by atoms with Crippen LogP contribution in [0.5, 0.6) is 0 Å². The normalized spacial score (nSPS) is 14.1. The summed E-state index contributed by atoms with van der Waals surface area (Å²) in [7, 11) is 0. The van der Waals surface area contributed by atoms with Crippen LogP contribution in [0.4, 0.5) is 11.4 Å². The first-order chi connectivity index (χ1) is 11.0. The number of nitrogens with zero attached hydrogens (tertiary/aromatic N) is 1. The molecule has 0 spiro atoms. The lowest BCUT2D eigenvalue weighted by Gasteiger charge is -2.19. The maximum Gasteiger partial charge on any atom is 0.257 e. The van der Waals surface area contributed by atoms with E-state index in [4.69, 9.17) is 23.2 Å². The molecule has 1 heterocycles. The first kappa shape index (κ1) is 16.2. The average Bonchev–Trinajstić information content (AvgIpc) is 3.01. The lowest BCUT2D eigenvalue weighted by atomic mass is 10.1. The topological polar surface area (TPSA) is 32.3 Å². The number of hydrogen-bond donors (Lipinski definition) is 1. The Bertz CT molecular complexity index is 740. The van der Waals surface area contributed by atoms with Crippen molar-refractivity contribution in [3.63, 3.8) is 0 Å². The van der Waals surface area contributed by atoms with Gasteiger partial charge in [-0.25, -0.2) is 0 Å². The molecule has 23 heavy (non-hydrogen) atoms. The number of amides is 1. The number of carbonyl (C=O) groups is 1. The highest BCUT2D eigenvalue weighted by atomic mass is 35.5. The molecule has 1 fully saturated rings. The Hall–Kier alpha value is -1.71. The molecule has 2 aromatic rings. The minimum atomic E-state index is -0.236. The zero-order valence-corrected chi connectivity index (χ0v) is 14.4. The molecule has 1 amide bonds. The highest BCUT2D eigenvalue weighted by Crippen LogP contribution is 2.31. The number of aryl methyl sites for hydroxylation is 1. The van der Waals surface area contributed by atoms with Crippen LogP contribution in [0.2, 0.25) is 10.0 Å². The molecule has 0 saturated carbocycles. The monoisotopic (exact) mass is 348 g/mol. The number of anilines is 2. The van der Waals surface area contributed by atoms with Crippen molar-refractivity contribution in [2.75, 3.05) is 23.3 Å². The van der Waals surface area contributed by atoms with Crippen molar-refractivity contribution in [3.05, 3.63) is 57.6 Å². The van der Waals surface area contributed by atoms with Crippen molar-refractivity contribution in [3.8, 4) is 0 Å². The number of nitrogens with one attached hydrogen (secondary N) is 1. The fourth-order valence-electron chi connectivity index (χ4n) is 2.80. The average molecular weight is 349 g/mol. The Labute approximate surface area is 146 Å². The largest absolute Gasteiger partial charge is 0.370 e. The van der Waals surface area contributed by atoms with Gasteiger partial charge in [0.25, 0.3) is 5.91 Å². The fourth-order valence-corrected chi connectivity index (χ4v) is 3.42. The molecule has 120 valence electrons. The van der Waals surface area contributed by atoms with E-state index in [2.05, 4.69) is 10.2 Å². The van der Waals surface area contributed by atoms with Crippen LogP contribution in [0.25, 0.3) is 0 Å². The van der Waals surface area contributed by atoms with E-state index in [9.17, 15) is 4.79 Å².